The summed E-state index contributed by atoms with van der Waals surface area (Å²) in [4.78, 5) is 11.9. The molecule has 2 rings (SSSR count). The molecular weight excluding hydrogens is 328 g/mol. The largest absolute Gasteiger partial charge is 0.490 e. The van der Waals surface area contributed by atoms with Crippen LogP contribution in [0.5, 0.6) is 5.75 Å². The molecule has 0 aromatic heterocycles. The zero-order chi connectivity index (χ0) is 19.0. The number of hydrogen-bond acceptors (Lipinski definition) is 5. The summed E-state index contributed by atoms with van der Waals surface area (Å²) in [5.74, 6) is 0.501. The van der Waals surface area contributed by atoms with E-state index in [9.17, 15) is 4.79 Å². The van der Waals surface area contributed by atoms with E-state index in [0.29, 0.717) is 12.4 Å². The molecule has 0 amide bonds. The molecule has 0 saturated carbocycles. The summed E-state index contributed by atoms with van der Waals surface area (Å²) in [5, 5.41) is 8.40. The second kappa shape index (κ2) is 9.13. The highest BCUT2D eigenvalue weighted by Crippen LogP contribution is 2.22. The van der Waals surface area contributed by atoms with Gasteiger partial charge in [-0.25, -0.2) is 0 Å². The first-order chi connectivity index (χ1) is 12.4. The Morgan fingerprint density at radius 3 is 2.00 bits per heavy atom. The first-order valence-electron chi connectivity index (χ1n) is 8.79. The maximum absolute atomic E-state index is 11.9. The Morgan fingerprint density at radius 1 is 0.923 bits per heavy atom. The molecule has 0 aliphatic rings. The SMILES string of the molecule is CCC(C)(C)C(=O)OCCOc1ccc(/N=N\c2ccc(C)cc2)cc1. The second-order valence-corrected chi connectivity index (χ2v) is 6.75. The van der Waals surface area contributed by atoms with Crippen LogP contribution in [-0.2, 0) is 9.53 Å². The number of esters is 1. The molecule has 0 aliphatic carbocycles. The van der Waals surface area contributed by atoms with Crippen molar-refractivity contribution in [1.29, 1.82) is 0 Å². The molecular formula is C21H26N2O3. The van der Waals surface area contributed by atoms with Crippen LogP contribution in [0.2, 0.25) is 0 Å². The Labute approximate surface area is 155 Å². The lowest BCUT2D eigenvalue weighted by molar-refractivity contribution is -0.154. The molecule has 0 aliphatic heterocycles. The van der Waals surface area contributed by atoms with Crippen LogP contribution in [0.15, 0.2) is 58.8 Å². The highest BCUT2D eigenvalue weighted by atomic mass is 16.6. The monoisotopic (exact) mass is 354 g/mol. The zero-order valence-electron chi connectivity index (χ0n) is 15.9. The minimum atomic E-state index is -0.454. The first-order valence-corrected chi connectivity index (χ1v) is 8.79. The molecule has 0 bridgehead atoms. The smallest absolute Gasteiger partial charge is 0.311 e. The molecule has 0 saturated heterocycles. The molecule has 2 aromatic rings. The Bertz CT molecular complexity index is 735. The maximum atomic E-state index is 11.9. The molecule has 5 nitrogen and oxygen atoms in total. The van der Waals surface area contributed by atoms with Gasteiger partial charge in [-0.3, -0.25) is 4.79 Å². The fourth-order valence-corrected chi connectivity index (χ4v) is 1.97. The highest BCUT2D eigenvalue weighted by molar-refractivity contribution is 5.75. The molecule has 138 valence electrons. The number of carbonyl (C=O) groups excluding carboxylic acids is 1. The van der Waals surface area contributed by atoms with E-state index in [2.05, 4.69) is 10.2 Å². The molecule has 0 fully saturated rings. The average Bonchev–Trinajstić information content (AvgIpc) is 2.65. The summed E-state index contributed by atoms with van der Waals surface area (Å²) >= 11 is 0. The molecule has 0 N–H and O–H groups in total. The average molecular weight is 354 g/mol. The summed E-state index contributed by atoms with van der Waals surface area (Å²) < 4.78 is 10.8. The van der Waals surface area contributed by atoms with Gasteiger partial charge >= 0.3 is 5.97 Å². The normalized spacial score (nSPS) is 11.5. The van der Waals surface area contributed by atoms with E-state index in [4.69, 9.17) is 9.47 Å². The van der Waals surface area contributed by atoms with Gasteiger partial charge in [0, 0.05) is 0 Å². The number of aryl methyl sites for hydroxylation is 1. The maximum Gasteiger partial charge on any atom is 0.311 e. The van der Waals surface area contributed by atoms with Crippen LogP contribution in [0.3, 0.4) is 0 Å². The molecule has 0 unspecified atom stereocenters. The number of benzene rings is 2. The lowest BCUT2D eigenvalue weighted by Crippen LogP contribution is -2.27. The lowest BCUT2D eigenvalue weighted by Gasteiger charge is -2.20. The van der Waals surface area contributed by atoms with Crippen LogP contribution >= 0.6 is 0 Å². The lowest BCUT2D eigenvalue weighted by atomic mass is 9.91. The van der Waals surface area contributed by atoms with Crippen molar-refractivity contribution < 1.29 is 14.3 Å². The van der Waals surface area contributed by atoms with E-state index in [1.165, 1.54) is 5.56 Å². The van der Waals surface area contributed by atoms with Crippen molar-refractivity contribution >= 4 is 17.3 Å². The van der Waals surface area contributed by atoms with Crippen molar-refractivity contribution in [3.63, 3.8) is 0 Å². The molecule has 26 heavy (non-hydrogen) atoms. The summed E-state index contributed by atoms with van der Waals surface area (Å²) in [6.07, 6.45) is 0.741. The predicted octanol–water partition coefficient (Wildman–Crippen LogP) is 5.77. The van der Waals surface area contributed by atoms with E-state index in [1.54, 1.807) is 0 Å². The number of azo groups is 1. The van der Waals surface area contributed by atoms with E-state index in [0.717, 1.165) is 17.8 Å². The van der Waals surface area contributed by atoms with Crippen molar-refractivity contribution in [3.8, 4) is 5.75 Å². The van der Waals surface area contributed by atoms with Gasteiger partial charge in [0.1, 0.15) is 19.0 Å². The van der Waals surface area contributed by atoms with Gasteiger partial charge in [0.2, 0.25) is 0 Å². The van der Waals surface area contributed by atoms with Crippen molar-refractivity contribution in [2.75, 3.05) is 13.2 Å². The number of hydrogen-bond donors (Lipinski definition) is 0. The number of nitrogens with zero attached hydrogens (tertiary/aromatic N) is 2. The Kier molecular flexibility index (Phi) is 6.89. The van der Waals surface area contributed by atoms with Crippen molar-refractivity contribution in [1.82, 2.24) is 0 Å². The Hall–Kier alpha value is -2.69. The van der Waals surface area contributed by atoms with Crippen LogP contribution in [0.1, 0.15) is 32.8 Å². The minimum absolute atomic E-state index is 0.199. The van der Waals surface area contributed by atoms with Gasteiger partial charge in [-0.2, -0.15) is 10.2 Å². The van der Waals surface area contributed by atoms with Gasteiger partial charge in [-0.1, -0.05) is 24.6 Å². The molecule has 0 radical (unpaired) electrons. The molecule has 0 atom stereocenters. The van der Waals surface area contributed by atoms with E-state index in [-0.39, 0.29) is 12.6 Å². The topological polar surface area (TPSA) is 60.2 Å². The third-order valence-electron chi connectivity index (χ3n) is 4.17. The fourth-order valence-electron chi connectivity index (χ4n) is 1.97. The van der Waals surface area contributed by atoms with E-state index in [1.807, 2.05) is 76.2 Å². The van der Waals surface area contributed by atoms with Gasteiger partial charge in [0.15, 0.2) is 0 Å². The first kappa shape index (κ1) is 19.6. The number of ether oxygens (including phenoxy) is 2. The third kappa shape index (κ3) is 5.99. The third-order valence-corrected chi connectivity index (χ3v) is 4.17. The molecule has 2 aromatic carbocycles. The fraction of sp³-hybridized carbons (Fsp3) is 0.381. The zero-order valence-corrected chi connectivity index (χ0v) is 15.9. The van der Waals surface area contributed by atoms with Crippen LogP contribution in [-0.4, -0.2) is 19.2 Å². The van der Waals surface area contributed by atoms with Crippen molar-refractivity contribution in [3.05, 3.63) is 54.1 Å². The van der Waals surface area contributed by atoms with Crippen LogP contribution in [0, 0.1) is 12.3 Å². The van der Waals surface area contributed by atoms with E-state index >= 15 is 0 Å². The van der Waals surface area contributed by atoms with Gasteiger partial charge in [-0.05, 0) is 63.6 Å². The minimum Gasteiger partial charge on any atom is -0.490 e. The van der Waals surface area contributed by atoms with Crippen molar-refractivity contribution in [2.24, 2.45) is 15.6 Å². The van der Waals surface area contributed by atoms with Gasteiger partial charge in [-0.15, -0.1) is 0 Å². The number of rotatable bonds is 8. The molecule has 0 heterocycles. The van der Waals surface area contributed by atoms with Crippen molar-refractivity contribution in [2.45, 2.75) is 34.1 Å². The van der Waals surface area contributed by atoms with E-state index < -0.39 is 5.41 Å². The van der Waals surface area contributed by atoms with Gasteiger partial charge < -0.3 is 9.47 Å². The summed E-state index contributed by atoms with van der Waals surface area (Å²) in [6.45, 7) is 8.30. The highest BCUT2D eigenvalue weighted by Gasteiger charge is 2.26. The standard InChI is InChI=1S/C21H26N2O3/c1-5-21(3,4)20(24)26-15-14-25-19-12-10-18(11-13-19)23-22-17-8-6-16(2)7-9-17/h6-13H,5,14-15H2,1-4H3/b23-22-. The van der Waals surface area contributed by atoms with Crippen LogP contribution in [0.25, 0.3) is 0 Å². The second-order valence-electron chi connectivity index (χ2n) is 6.75. The molecule has 0 spiro atoms. The Morgan fingerprint density at radius 2 is 1.46 bits per heavy atom. The van der Waals surface area contributed by atoms with Gasteiger partial charge in [0.05, 0.1) is 16.8 Å². The number of carbonyl (C=O) groups is 1. The summed E-state index contributed by atoms with van der Waals surface area (Å²) in [7, 11) is 0. The predicted molar refractivity (Wildman–Crippen MR) is 102 cm³/mol. The molecule has 5 heteroatoms. The quantitative estimate of drug-likeness (QED) is 0.343. The summed E-state index contributed by atoms with van der Waals surface area (Å²) in [6, 6.07) is 15.2. The van der Waals surface area contributed by atoms with Gasteiger partial charge in [0.25, 0.3) is 0 Å². The van der Waals surface area contributed by atoms with Crippen LogP contribution in [0.4, 0.5) is 11.4 Å². The Balaban J connectivity index is 1.78. The summed E-state index contributed by atoms with van der Waals surface area (Å²) in [5.41, 5.74) is 2.29. The van der Waals surface area contributed by atoms with Crippen LogP contribution < -0.4 is 4.74 Å².